The van der Waals surface area contributed by atoms with E-state index in [2.05, 4.69) is 0 Å². The Balaban J connectivity index is 1.75. The molecular weight excluding hydrogens is 220 g/mol. The van der Waals surface area contributed by atoms with Crippen LogP contribution in [0.4, 0.5) is 0 Å². The van der Waals surface area contributed by atoms with E-state index in [0.717, 1.165) is 32.5 Å². The molecule has 0 bridgehead atoms. The molecule has 1 aromatic rings. The van der Waals surface area contributed by atoms with Crippen molar-refractivity contribution >= 4 is 11.3 Å². The monoisotopic (exact) mass is 238 g/mol. The number of hydrogen-bond donors (Lipinski definition) is 1. The molecule has 2 N–H and O–H groups in total. The molecule has 3 rings (SSSR count). The highest BCUT2D eigenvalue weighted by Gasteiger charge is 2.24. The molecule has 4 heteroatoms. The van der Waals surface area contributed by atoms with E-state index in [-0.39, 0.29) is 6.04 Å². The van der Waals surface area contributed by atoms with E-state index in [1.807, 2.05) is 11.3 Å². The van der Waals surface area contributed by atoms with Gasteiger partial charge in [-0.25, -0.2) is 4.98 Å². The van der Waals surface area contributed by atoms with Crippen molar-refractivity contribution in [1.29, 1.82) is 0 Å². The van der Waals surface area contributed by atoms with Gasteiger partial charge in [0.1, 0.15) is 0 Å². The van der Waals surface area contributed by atoms with E-state index in [1.165, 1.54) is 28.4 Å². The van der Waals surface area contributed by atoms with Crippen LogP contribution >= 0.6 is 11.3 Å². The van der Waals surface area contributed by atoms with Gasteiger partial charge >= 0.3 is 0 Å². The maximum atomic E-state index is 6.11. The first-order valence-corrected chi connectivity index (χ1v) is 6.96. The van der Waals surface area contributed by atoms with Gasteiger partial charge in [0.25, 0.3) is 0 Å². The predicted octanol–water partition coefficient (Wildman–Crippen LogP) is 2.06. The fourth-order valence-electron chi connectivity index (χ4n) is 2.58. The van der Waals surface area contributed by atoms with E-state index < -0.39 is 0 Å². The van der Waals surface area contributed by atoms with Crippen molar-refractivity contribution < 1.29 is 4.74 Å². The topological polar surface area (TPSA) is 48.1 Å². The molecule has 1 aliphatic heterocycles. The normalized spacial score (nSPS) is 29.3. The minimum absolute atomic E-state index is 0.245. The maximum Gasteiger partial charge on any atom is 0.0935 e. The van der Waals surface area contributed by atoms with Crippen molar-refractivity contribution in [3.05, 3.63) is 15.6 Å². The largest absolute Gasteiger partial charge is 0.381 e. The first-order chi connectivity index (χ1) is 7.83. The molecule has 1 aromatic heterocycles. The van der Waals surface area contributed by atoms with Crippen LogP contribution in [0.5, 0.6) is 0 Å². The van der Waals surface area contributed by atoms with E-state index in [4.69, 9.17) is 15.5 Å². The van der Waals surface area contributed by atoms with Crippen LogP contribution in [-0.4, -0.2) is 18.2 Å². The number of nitrogens with two attached hydrogens (primary N) is 1. The minimum Gasteiger partial charge on any atom is -0.381 e. The van der Waals surface area contributed by atoms with Crippen LogP contribution in [0.15, 0.2) is 0 Å². The lowest BCUT2D eigenvalue weighted by atomic mass is 9.99. The van der Waals surface area contributed by atoms with E-state index in [9.17, 15) is 0 Å². The molecule has 16 heavy (non-hydrogen) atoms. The molecule has 2 aliphatic rings. The average Bonchev–Trinajstić information content (AvgIpc) is 2.88. The van der Waals surface area contributed by atoms with Crippen molar-refractivity contribution in [1.82, 2.24) is 4.98 Å². The summed E-state index contributed by atoms with van der Waals surface area (Å²) in [7, 11) is 0. The number of rotatable bonds is 2. The van der Waals surface area contributed by atoms with E-state index in [1.54, 1.807) is 0 Å². The number of ether oxygens (including phenoxy) is 1. The second-order valence-electron chi connectivity index (χ2n) is 4.85. The maximum absolute atomic E-state index is 6.11. The molecule has 1 fully saturated rings. The molecular formula is C12H18N2OS. The Morgan fingerprint density at radius 3 is 3.12 bits per heavy atom. The summed E-state index contributed by atoms with van der Waals surface area (Å²) in [5.41, 5.74) is 7.39. The molecule has 2 heterocycles. The second kappa shape index (κ2) is 4.43. The van der Waals surface area contributed by atoms with Gasteiger partial charge in [-0.1, -0.05) is 0 Å². The summed E-state index contributed by atoms with van der Waals surface area (Å²) < 4.78 is 5.40. The number of aryl methyl sites for hydroxylation is 1. The van der Waals surface area contributed by atoms with Gasteiger partial charge in [-0.2, -0.15) is 0 Å². The van der Waals surface area contributed by atoms with Gasteiger partial charge in [-0.05, 0) is 31.6 Å². The highest BCUT2D eigenvalue weighted by molar-refractivity contribution is 7.11. The number of fused-ring (bicyclic) bond motifs is 1. The third-order valence-corrected chi connectivity index (χ3v) is 4.78. The lowest BCUT2D eigenvalue weighted by Crippen LogP contribution is -2.15. The zero-order valence-corrected chi connectivity index (χ0v) is 10.3. The smallest absolute Gasteiger partial charge is 0.0935 e. The molecule has 0 spiro atoms. The van der Waals surface area contributed by atoms with Crippen LogP contribution in [0.2, 0.25) is 0 Å². The first-order valence-electron chi connectivity index (χ1n) is 6.14. The number of nitrogens with zero attached hydrogens (tertiary/aromatic N) is 1. The van der Waals surface area contributed by atoms with Crippen molar-refractivity contribution in [2.75, 3.05) is 13.2 Å². The first kappa shape index (κ1) is 10.7. The lowest BCUT2D eigenvalue weighted by molar-refractivity contribution is 0.186. The lowest BCUT2D eigenvalue weighted by Gasteiger charge is -2.15. The number of thiazole rings is 1. The molecule has 2 unspecified atom stereocenters. The quantitative estimate of drug-likeness (QED) is 0.858. The standard InChI is InChI=1S/C12H18N2OS/c13-9-2-1-3-10-12(9)16-11(14-10)6-8-4-5-15-7-8/h8-9H,1-7,13H2. The second-order valence-corrected chi connectivity index (χ2v) is 5.97. The van der Waals surface area contributed by atoms with Gasteiger partial charge in [0.15, 0.2) is 0 Å². The third-order valence-electron chi connectivity index (χ3n) is 3.52. The Hall–Kier alpha value is -0.450. The molecule has 0 saturated carbocycles. The Labute approximate surface area is 100 Å². The molecule has 0 amide bonds. The molecule has 0 radical (unpaired) electrons. The minimum atomic E-state index is 0.245. The average molecular weight is 238 g/mol. The molecule has 0 aromatic carbocycles. The van der Waals surface area contributed by atoms with Crippen LogP contribution in [0.25, 0.3) is 0 Å². The molecule has 1 aliphatic carbocycles. The molecule has 3 nitrogen and oxygen atoms in total. The summed E-state index contributed by atoms with van der Waals surface area (Å²) in [6, 6.07) is 0.245. The summed E-state index contributed by atoms with van der Waals surface area (Å²) >= 11 is 1.84. The van der Waals surface area contributed by atoms with Crippen LogP contribution in [0.3, 0.4) is 0 Å². The molecule has 88 valence electrons. The molecule has 1 saturated heterocycles. The van der Waals surface area contributed by atoms with Crippen LogP contribution in [0, 0.1) is 5.92 Å². The van der Waals surface area contributed by atoms with Gasteiger partial charge in [-0.3, -0.25) is 0 Å². The molecule has 2 atom stereocenters. The third kappa shape index (κ3) is 2.01. The van der Waals surface area contributed by atoms with E-state index in [0.29, 0.717) is 5.92 Å². The Morgan fingerprint density at radius 1 is 1.44 bits per heavy atom. The number of hydrogen-bond acceptors (Lipinski definition) is 4. The fourth-order valence-corrected chi connectivity index (χ4v) is 3.85. The van der Waals surface area contributed by atoms with Gasteiger partial charge in [0, 0.05) is 30.6 Å². The Kier molecular flexibility index (Phi) is 2.96. The van der Waals surface area contributed by atoms with E-state index >= 15 is 0 Å². The highest BCUT2D eigenvalue weighted by atomic mass is 32.1. The van der Waals surface area contributed by atoms with Crippen LogP contribution in [0.1, 0.15) is 40.9 Å². The Bertz CT molecular complexity index is 371. The summed E-state index contributed by atoms with van der Waals surface area (Å²) in [6.45, 7) is 1.84. The Morgan fingerprint density at radius 2 is 2.38 bits per heavy atom. The fraction of sp³-hybridized carbons (Fsp3) is 0.750. The summed E-state index contributed by atoms with van der Waals surface area (Å²) in [4.78, 5) is 6.10. The summed E-state index contributed by atoms with van der Waals surface area (Å²) in [5, 5.41) is 1.28. The van der Waals surface area contributed by atoms with Gasteiger partial charge in [0.2, 0.25) is 0 Å². The van der Waals surface area contributed by atoms with Crippen LogP contribution in [-0.2, 0) is 17.6 Å². The van der Waals surface area contributed by atoms with Gasteiger partial charge < -0.3 is 10.5 Å². The summed E-state index contributed by atoms with van der Waals surface area (Å²) in [5.74, 6) is 0.684. The van der Waals surface area contributed by atoms with Crippen molar-refractivity contribution in [2.24, 2.45) is 11.7 Å². The van der Waals surface area contributed by atoms with Crippen LogP contribution < -0.4 is 5.73 Å². The zero-order valence-electron chi connectivity index (χ0n) is 9.45. The zero-order chi connectivity index (χ0) is 11.0. The van der Waals surface area contributed by atoms with Gasteiger partial charge in [-0.15, -0.1) is 11.3 Å². The van der Waals surface area contributed by atoms with Crippen molar-refractivity contribution in [3.63, 3.8) is 0 Å². The number of aromatic nitrogens is 1. The van der Waals surface area contributed by atoms with Gasteiger partial charge in [0.05, 0.1) is 10.7 Å². The predicted molar refractivity (Wildman–Crippen MR) is 64.6 cm³/mol. The highest BCUT2D eigenvalue weighted by Crippen LogP contribution is 2.34. The van der Waals surface area contributed by atoms with Crippen molar-refractivity contribution in [2.45, 2.75) is 38.1 Å². The van der Waals surface area contributed by atoms with Crippen molar-refractivity contribution in [3.8, 4) is 0 Å². The summed E-state index contributed by atoms with van der Waals surface area (Å²) in [6.07, 6.45) is 5.73. The SMILES string of the molecule is NC1CCCc2nc(CC3CCOC3)sc21.